The molecule has 0 radical (unpaired) electrons. The van der Waals surface area contributed by atoms with Gasteiger partial charge in [-0.15, -0.1) is 29.7 Å². The first-order chi connectivity index (χ1) is 35.5. The third-order valence-corrected chi connectivity index (χ3v) is 14.5. The van der Waals surface area contributed by atoms with Gasteiger partial charge in [-0.25, -0.2) is 4.98 Å². The molecule has 0 fully saturated rings. The Bertz CT molecular complexity index is 4130. The zero-order chi connectivity index (χ0) is 49.6. The summed E-state index contributed by atoms with van der Waals surface area (Å²) < 4.78 is 13.4. The van der Waals surface area contributed by atoms with Gasteiger partial charge < -0.3 is 13.9 Å². The Kier molecular flexibility index (Phi) is 11.5. The number of hydrogen-bond donors (Lipinski definition) is 0. The van der Waals surface area contributed by atoms with Crippen molar-refractivity contribution in [2.45, 2.75) is 52.4 Å². The summed E-state index contributed by atoms with van der Waals surface area (Å²) in [7, 11) is 0. The van der Waals surface area contributed by atoms with Gasteiger partial charge in [-0.3, -0.25) is 4.57 Å². The number of ether oxygens (including phenoxy) is 1. The van der Waals surface area contributed by atoms with E-state index in [2.05, 4.69) is 256 Å². The minimum atomic E-state index is -0.0655. The number of nitrogens with zero attached hydrogens (tertiary/aromatic N) is 4. The van der Waals surface area contributed by atoms with Gasteiger partial charge in [0.2, 0.25) is 0 Å². The van der Waals surface area contributed by atoms with E-state index in [1.54, 1.807) is 0 Å². The molecule has 1 aliphatic heterocycles. The van der Waals surface area contributed by atoms with E-state index in [0.29, 0.717) is 11.5 Å². The molecule has 0 atom stereocenters. The Morgan fingerprint density at radius 3 is 1.80 bits per heavy atom. The number of pyridine rings is 1. The minimum Gasteiger partial charge on any atom is -0.510 e. The Balaban J connectivity index is 0.00000556. The molecule has 13 rings (SSSR count). The van der Waals surface area contributed by atoms with Crippen molar-refractivity contribution in [2.24, 2.45) is 0 Å². The van der Waals surface area contributed by atoms with Crippen molar-refractivity contribution in [1.82, 2.24) is 14.1 Å². The average Bonchev–Trinajstić information content (AvgIpc) is 3.97. The van der Waals surface area contributed by atoms with E-state index in [0.717, 1.165) is 89.0 Å². The standard InChI is InChI=1S/C68H52N4O.Pt/c1-67(2,3)47-32-29-44(30-33-47)46-31-36-61-60(39-46)57-35-34-51(42-63(57)72(61)64-40-48(37-38-69-64)68(4,5)6)73-50-20-14-19-49(41-50)70-43-71-65-52(45-17-8-7-9-18-45)25-15-26-58(65)55-23-12-10-21-53(55)54-22-11-13-24-56(54)59-27-16-28-62(70)66(59)71;/h7-40H,1-6H3;/q-2;. The van der Waals surface area contributed by atoms with Gasteiger partial charge in [0, 0.05) is 44.3 Å². The van der Waals surface area contributed by atoms with Crippen LogP contribution >= 0.6 is 0 Å². The van der Waals surface area contributed by atoms with Gasteiger partial charge in [0.1, 0.15) is 5.82 Å². The largest absolute Gasteiger partial charge is 0.510 e. The summed E-state index contributed by atoms with van der Waals surface area (Å²) in [4.78, 5) is 4.98. The van der Waals surface area contributed by atoms with Crippen molar-refractivity contribution < 1.29 is 30.4 Å². The fraction of sp³-hybridized carbons (Fsp3) is 0.118. The molecular formula is C68H52N4OPt-2. The van der Waals surface area contributed by atoms with Crippen LogP contribution in [0.2, 0.25) is 0 Å². The van der Waals surface area contributed by atoms with Crippen molar-refractivity contribution in [1.29, 1.82) is 0 Å². The van der Waals surface area contributed by atoms with Crippen LogP contribution in [-0.2, 0) is 31.9 Å². The second kappa shape index (κ2) is 18.1. The van der Waals surface area contributed by atoms with Crippen LogP contribution in [-0.4, -0.2) is 14.1 Å². The fourth-order valence-electron chi connectivity index (χ4n) is 10.8. The monoisotopic (exact) mass is 1140 g/mol. The number of imidazole rings is 1. The number of aromatic nitrogens is 4. The zero-order valence-corrected chi connectivity index (χ0v) is 44.4. The van der Waals surface area contributed by atoms with Crippen molar-refractivity contribution >= 4 is 32.8 Å². The second-order valence-electron chi connectivity index (χ2n) is 21.2. The first kappa shape index (κ1) is 46.9. The molecule has 0 spiro atoms. The molecule has 0 bridgehead atoms. The molecule has 0 saturated carbocycles. The van der Waals surface area contributed by atoms with Crippen LogP contribution in [0.3, 0.4) is 0 Å². The van der Waals surface area contributed by atoms with E-state index in [4.69, 9.17) is 9.72 Å². The van der Waals surface area contributed by atoms with Crippen LogP contribution in [0.1, 0.15) is 52.7 Å². The van der Waals surface area contributed by atoms with Crippen molar-refractivity contribution in [3.63, 3.8) is 0 Å². The topological polar surface area (TPSA) is 35.9 Å². The molecule has 1 aliphatic rings. The van der Waals surface area contributed by atoms with Gasteiger partial charge in [-0.05, 0) is 107 Å². The Morgan fingerprint density at radius 1 is 0.459 bits per heavy atom. The van der Waals surface area contributed by atoms with Gasteiger partial charge in [-0.1, -0.05) is 199 Å². The van der Waals surface area contributed by atoms with Crippen molar-refractivity contribution in [3.8, 4) is 84.3 Å². The maximum Gasteiger partial charge on any atom is 0.268 e. The molecule has 0 saturated heterocycles. The third-order valence-electron chi connectivity index (χ3n) is 14.5. The summed E-state index contributed by atoms with van der Waals surface area (Å²) in [5.41, 5.74) is 19.9. The molecule has 9 aromatic carbocycles. The fourth-order valence-corrected chi connectivity index (χ4v) is 10.8. The molecule has 5 nitrogen and oxygen atoms in total. The second-order valence-corrected chi connectivity index (χ2v) is 21.2. The minimum absolute atomic E-state index is 0. The van der Waals surface area contributed by atoms with Gasteiger partial charge in [0.25, 0.3) is 6.33 Å². The molecule has 12 aromatic rings. The zero-order valence-electron chi connectivity index (χ0n) is 42.1. The normalized spacial score (nSPS) is 12.1. The van der Waals surface area contributed by atoms with E-state index in [9.17, 15) is 0 Å². The maximum atomic E-state index is 6.82. The van der Waals surface area contributed by atoms with Crippen molar-refractivity contribution in [3.05, 3.63) is 236 Å². The first-order valence-corrected chi connectivity index (χ1v) is 25.1. The first-order valence-electron chi connectivity index (χ1n) is 25.1. The number of fused-ring (bicyclic) bond motifs is 10. The smallest absolute Gasteiger partial charge is 0.268 e. The molecule has 6 heteroatoms. The summed E-state index contributed by atoms with van der Waals surface area (Å²) in [6.45, 7) is 13.5. The summed E-state index contributed by atoms with van der Waals surface area (Å²) in [5.74, 6) is 1.97. The van der Waals surface area contributed by atoms with Crippen molar-refractivity contribution in [2.75, 3.05) is 0 Å². The van der Waals surface area contributed by atoms with Crippen LogP contribution in [0.5, 0.6) is 11.5 Å². The Labute approximate surface area is 447 Å². The van der Waals surface area contributed by atoms with Crippen LogP contribution in [0.4, 0.5) is 0 Å². The van der Waals surface area contributed by atoms with E-state index < -0.39 is 0 Å². The molecule has 4 heterocycles. The summed E-state index contributed by atoms with van der Waals surface area (Å²) >= 11 is 0. The van der Waals surface area contributed by atoms with E-state index in [1.807, 2.05) is 24.4 Å². The molecule has 0 aliphatic carbocycles. The average molecular weight is 1140 g/mol. The van der Waals surface area contributed by atoms with Gasteiger partial charge in [0.05, 0.1) is 16.7 Å². The number of para-hydroxylation sites is 2. The van der Waals surface area contributed by atoms with E-state index in [1.165, 1.54) is 27.8 Å². The van der Waals surface area contributed by atoms with Crippen LogP contribution in [0.25, 0.3) is 106 Å². The maximum absolute atomic E-state index is 6.82. The molecular weight excluding hydrogens is 1080 g/mol. The number of hydrogen-bond acceptors (Lipinski definition) is 2. The van der Waals surface area contributed by atoms with E-state index in [-0.39, 0.29) is 31.9 Å². The third kappa shape index (κ3) is 7.98. The molecule has 362 valence electrons. The van der Waals surface area contributed by atoms with Crippen LogP contribution in [0, 0.1) is 18.5 Å². The predicted octanol–water partition coefficient (Wildman–Crippen LogP) is 16.8. The Hall–Kier alpha value is -8.11. The summed E-state index contributed by atoms with van der Waals surface area (Å²) in [5, 5.41) is 2.19. The summed E-state index contributed by atoms with van der Waals surface area (Å²) in [6.07, 6.45) is 5.81. The Morgan fingerprint density at radius 2 is 1.07 bits per heavy atom. The summed E-state index contributed by atoms with van der Waals surface area (Å²) in [6, 6.07) is 79.1. The molecule has 0 amide bonds. The molecule has 3 aromatic heterocycles. The van der Waals surface area contributed by atoms with Crippen LogP contribution < -0.4 is 9.30 Å². The molecule has 0 N–H and O–H groups in total. The van der Waals surface area contributed by atoms with Crippen LogP contribution in [0.15, 0.2) is 206 Å². The quantitative estimate of drug-likeness (QED) is 0.123. The molecule has 74 heavy (non-hydrogen) atoms. The predicted molar refractivity (Wildman–Crippen MR) is 298 cm³/mol. The SMILES string of the molecule is CC(C)(C)c1ccc(-c2ccc3c(c2)c2ccc(Oc4[c-]c(-n5[c-][n+]6c7c(cccc75)-c5ccccc5-c5ccccc5-c5cccc(-c7ccccc7)c5-6)ccc4)[c-]c2n3-c2cc(C(C)(C)C)ccn2)cc1.[Pt]. The van der Waals surface area contributed by atoms with E-state index >= 15 is 0 Å². The molecule has 0 unspecified atom stereocenters. The number of rotatable bonds is 6. The number of benzene rings is 9. The van der Waals surface area contributed by atoms with Gasteiger partial charge in [-0.2, -0.15) is 18.2 Å². The van der Waals surface area contributed by atoms with Gasteiger partial charge in [0.15, 0.2) is 0 Å². The van der Waals surface area contributed by atoms with Gasteiger partial charge >= 0.3 is 0 Å².